The molecule has 2 unspecified atom stereocenters. The second-order valence-corrected chi connectivity index (χ2v) is 17.5. The average Bonchev–Trinajstić information content (AvgIpc) is 2.36. The van der Waals surface area contributed by atoms with Crippen LogP contribution in [0.5, 0.6) is 0 Å². The van der Waals surface area contributed by atoms with Gasteiger partial charge in [0.05, 0.1) is 26.3 Å². The molecular weight excluding hydrogens is 308 g/mol. The van der Waals surface area contributed by atoms with Crippen molar-refractivity contribution < 1.29 is 14.0 Å². The Morgan fingerprint density at radius 2 is 1.59 bits per heavy atom. The summed E-state index contributed by atoms with van der Waals surface area (Å²) in [6.07, 6.45) is -0.210. The lowest BCUT2D eigenvalue weighted by molar-refractivity contribution is -0.145. The summed E-state index contributed by atoms with van der Waals surface area (Å²) in [5.74, 6) is -0.117. The fraction of sp³-hybridized carbons (Fsp3) is 0.588. The first kappa shape index (κ1) is 19.1. The number of hydrogen-bond donors (Lipinski definition) is 0. The van der Waals surface area contributed by atoms with Crippen LogP contribution in [0.3, 0.4) is 0 Å². The molecule has 1 rings (SSSR count). The van der Waals surface area contributed by atoms with Crippen molar-refractivity contribution in [3.63, 3.8) is 0 Å². The van der Waals surface area contributed by atoms with E-state index in [9.17, 15) is 4.79 Å². The van der Waals surface area contributed by atoms with E-state index in [0.717, 1.165) is 5.56 Å². The van der Waals surface area contributed by atoms with Gasteiger partial charge >= 0.3 is 5.97 Å². The van der Waals surface area contributed by atoms with Gasteiger partial charge in [-0.15, -0.1) is 0 Å². The molecule has 0 radical (unpaired) electrons. The van der Waals surface area contributed by atoms with Crippen molar-refractivity contribution in [3.05, 3.63) is 35.9 Å². The van der Waals surface area contributed by atoms with Crippen LogP contribution >= 0.6 is 0 Å². The van der Waals surface area contributed by atoms with Crippen LogP contribution in [0.25, 0.3) is 0 Å². The Morgan fingerprint density at radius 3 is 2.00 bits per heavy atom. The quantitative estimate of drug-likeness (QED) is 0.526. The molecule has 0 aliphatic heterocycles. The predicted molar refractivity (Wildman–Crippen MR) is 97.3 cm³/mol. The van der Waals surface area contributed by atoms with E-state index in [1.165, 1.54) is 0 Å². The zero-order chi connectivity index (χ0) is 17.0. The van der Waals surface area contributed by atoms with Crippen molar-refractivity contribution >= 4 is 22.4 Å². The maximum absolute atomic E-state index is 12.6. The fourth-order valence-electron chi connectivity index (χ4n) is 2.52. The van der Waals surface area contributed by atoms with Gasteiger partial charge in [0, 0.05) is 0 Å². The van der Waals surface area contributed by atoms with Gasteiger partial charge in [0.15, 0.2) is 8.32 Å². The van der Waals surface area contributed by atoms with Gasteiger partial charge < -0.3 is 9.16 Å². The largest absolute Gasteiger partial charge is 0.466 e. The molecule has 0 aromatic heterocycles. The first-order valence-corrected chi connectivity index (χ1v) is 14.9. The maximum atomic E-state index is 12.6. The zero-order valence-corrected chi connectivity index (χ0v) is 17.0. The van der Waals surface area contributed by atoms with E-state index < -0.39 is 16.4 Å². The highest BCUT2D eigenvalue weighted by Gasteiger charge is 2.43. The molecule has 2 atom stereocenters. The van der Waals surface area contributed by atoms with E-state index in [0.29, 0.717) is 6.61 Å². The molecule has 0 heterocycles. The lowest BCUT2D eigenvalue weighted by atomic mass is 10.1. The predicted octanol–water partition coefficient (Wildman–Crippen LogP) is 4.85. The number of carbonyl (C=O) groups excluding carboxylic acids is 1. The molecular formula is C17H30O3Si2. The number of esters is 1. The van der Waals surface area contributed by atoms with Crippen LogP contribution in [-0.4, -0.2) is 29.0 Å². The lowest BCUT2D eigenvalue weighted by Crippen LogP contribution is -2.42. The van der Waals surface area contributed by atoms with E-state index in [1.54, 1.807) is 0 Å². The van der Waals surface area contributed by atoms with Crippen LogP contribution in [0, 0.1) is 0 Å². The zero-order valence-electron chi connectivity index (χ0n) is 15.0. The minimum absolute atomic E-state index is 0.117. The van der Waals surface area contributed by atoms with Gasteiger partial charge in [-0.25, -0.2) is 0 Å². The first-order chi connectivity index (χ1) is 10.1. The van der Waals surface area contributed by atoms with Crippen LogP contribution in [0.1, 0.15) is 18.6 Å². The van der Waals surface area contributed by atoms with Gasteiger partial charge in [-0.3, -0.25) is 4.79 Å². The second kappa shape index (κ2) is 7.57. The number of hydrogen-bond acceptors (Lipinski definition) is 3. The van der Waals surface area contributed by atoms with Crippen molar-refractivity contribution in [1.82, 2.24) is 0 Å². The summed E-state index contributed by atoms with van der Waals surface area (Å²) in [6.45, 7) is 15.4. The minimum atomic E-state index is -1.81. The summed E-state index contributed by atoms with van der Waals surface area (Å²) in [7, 11) is -3.61. The molecule has 22 heavy (non-hydrogen) atoms. The molecule has 0 saturated carbocycles. The smallest absolute Gasteiger partial charge is 0.309 e. The van der Waals surface area contributed by atoms with Gasteiger partial charge in [-0.05, 0) is 32.1 Å². The van der Waals surface area contributed by atoms with Gasteiger partial charge in [-0.1, -0.05) is 50.0 Å². The van der Waals surface area contributed by atoms with Crippen LogP contribution < -0.4 is 0 Å². The molecule has 0 amide bonds. The van der Waals surface area contributed by atoms with Gasteiger partial charge in [-0.2, -0.15) is 0 Å². The molecule has 5 heteroatoms. The highest BCUT2D eigenvalue weighted by atomic mass is 28.4. The average molecular weight is 339 g/mol. The lowest BCUT2D eigenvalue weighted by Gasteiger charge is -2.37. The Balaban J connectivity index is 3.28. The number of ether oxygens (including phenoxy) is 1. The Morgan fingerprint density at radius 1 is 1.05 bits per heavy atom. The third-order valence-corrected chi connectivity index (χ3v) is 6.75. The number of benzene rings is 1. The molecule has 0 N–H and O–H groups in total. The van der Waals surface area contributed by atoms with Crippen LogP contribution in [0.15, 0.2) is 30.3 Å². The molecule has 1 aromatic rings. The Hall–Kier alpha value is -0.916. The Bertz CT molecular complexity index is 475. The van der Waals surface area contributed by atoms with Gasteiger partial charge in [0.25, 0.3) is 0 Å². The van der Waals surface area contributed by atoms with E-state index in [-0.39, 0.29) is 17.6 Å². The molecule has 0 aliphatic rings. The molecule has 3 nitrogen and oxygen atoms in total. The summed E-state index contributed by atoms with van der Waals surface area (Å²) in [4.78, 5) is 12.6. The second-order valence-electron chi connectivity index (χ2n) is 7.66. The summed E-state index contributed by atoms with van der Waals surface area (Å²) < 4.78 is 11.8. The van der Waals surface area contributed by atoms with Crippen molar-refractivity contribution in [2.75, 3.05) is 6.61 Å². The fourth-order valence-corrected chi connectivity index (χ4v) is 5.64. The van der Waals surface area contributed by atoms with Gasteiger partial charge in [0.1, 0.15) is 0 Å². The highest BCUT2D eigenvalue weighted by molar-refractivity contribution is 6.80. The molecule has 0 spiro atoms. The van der Waals surface area contributed by atoms with Crippen molar-refractivity contribution in [2.45, 2.75) is 57.9 Å². The topological polar surface area (TPSA) is 35.5 Å². The molecule has 0 bridgehead atoms. The van der Waals surface area contributed by atoms with Crippen molar-refractivity contribution in [3.8, 4) is 0 Å². The molecule has 0 aliphatic carbocycles. The van der Waals surface area contributed by atoms with Crippen molar-refractivity contribution in [2.24, 2.45) is 0 Å². The first-order valence-electron chi connectivity index (χ1n) is 7.95. The standard InChI is InChI=1S/C17H30O3Si2/c1-8-19-17(18)16(21(2,3)4)15(20-22(5,6)7)14-12-10-9-11-13-14/h9-13,15-16H,8H2,1-7H3. The SMILES string of the molecule is CCOC(=O)C(C(O[Si](C)(C)C)c1ccccc1)[Si](C)(C)C. The molecule has 0 saturated heterocycles. The summed E-state index contributed by atoms with van der Waals surface area (Å²) in [5, 5.41) is 0. The number of carbonyl (C=O) groups is 1. The maximum Gasteiger partial charge on any atom is 0.309 e. The molecule has 124 valence electrons. The third kappa shape index (κ3) is 5.70. The van der Waals surface area contributed by atoms with E-state index >= 15 is 0 Å². The summed E-state index contributed by atoms with van der Waals surface area (Å²) in [5.41, 5.74) is 0.881. The Labute approximate surface area is 137 Å². The Kier molecular flexibility index (Phi) is 6.58. The third-order valence-electron chi connectivity index (χ3n) is 3.38. The van der Waals surface area contributed by atoms with E-state index in [2.05, 4.69) is 51.4 Å². The normalized spacial score (nSPS) is 15.2. The summed E-state index contributed by atoms with van der Waals surface area (Å²) >= 11 is 0. The molecule has 1 aromatic carbocycles. The monoisotopic (exact) mass is 338 g/mol. The van der Waals surface area contributed by atoms with Crippen LogP contribution in [0.4, 0.5) is 0 Å². The van der Waals surface area contributed by atoms with Gasteiger partial charge in [0.2, 0.25) is 0 Å². The van der Waals surface area contributed by atoms with Crippen LogP contribution in [-0.2, 0) is 14.0 Å². The highest BCUT2D eigenvalue weighted by Crippen LogP contribution is 2.40. The minimum Gasteiger partial charge on any atom is -0.466 e. The summed E-state index contributed by atoms with van der Waals surface area (Å²) in [6, 6.07) is 10.1. The van der Waals surface area contributed by atoms with Crippen LogP contribution in [0.2, 0.25) is 44.8 Å². The van der Waals surface area contributed by atoms with E-state index in [1.807, 2.05) is 25.1 Å². The van der Waals surface area contributed by atoms with E-state index in [4.69, 9.17) is 9.16 Å². The van der Waals surface area contributed by atoms with Crippen molar-refractivity contribution in [1.29, 1.82) is 0 Å². The molecule has 0 fully saturated rings. The number of rotatable bonds is 7.